The smallest absolute Gasteiger partial charge is 0.265 e. The topological polar surface area (TPSA) is 64.6 Å². The number of hydrogen-bond donors (Lipinski definition) is 1. The maximum absolute atomic E-state index is 12.7. The van der Waals surface area contributed by atoms with Crippen molar-refractivity contribution < 1.29 is 17.9 Å². The second-order valence-electron chi connectivity index (χ2n) is 5.06. The molecule has 0 heterocycles. The highest BCUT2D eigenvalue weighted by Gasteiger charge is 2.22. The van der Waals surface area contributed by atoms with Gasteiger partial charge in [-0.1, -0.05) is 17.7 Å². The zero-order valence-electron chi connectivity index (χ0n) is 13.3. The largest absolute Gasteiger partial charge is 0.497 e. The summed E-state index contributed by atoms with van der Waals surface area (Å²) in [5.41, 5.74) is 2.04. The molecule has 0 spiro atoms. The lowest BCUT2D eigenvalue weighted by Crippen LogP contribution is -2.15. The molecule has 0 saturated carbocycles. The van der Waals surface area contributed by atoms with Crippen LogP contribution in [-0.4, -0.2) is 22.6 Å². The molecule has 5 nitrogen and oxygen atoms in total. The Morgan fingerprint density at radius 3 is 2.30 bits per heavy atom. The number of benzene rings is 2. The van der Waals surface area contributed by atoms with Crippen molar-refractivity contribution in [2.24, 2.45) is 0 Å². The zero-order valence-corrected chi connectivity index (χ0v) is 14.9. The standard InChI is InChI=1S/C16H18ClNO4S/c1-10-7-11(2)16(13(17)8-10)18-23(19,20)15-9-12(21-3)5-6-14(15)22-4/h5-9,18H,1-4H3. The van der Waals surface area contributed by atoms with Gasteiger partial charge in [0.2, 0.25) is 0 Å². The van der Waals surface area contributed by atoms with Crippen LogP contribution in [-0.2, 0) is 10.0 Å². The van der Waals surface area contributed by atoms with E-state index in [0.29, 0.717) is 16.5 Å². The minimum absolute atomic E-state index is 0.0182. The number of anilines is 1. The molecule has 1 N–H and O–H groups in total. The highest BCUT2D eigenvalue weighted by Crippen LogP contribution is 2.33. The molecule has 124 valence electrons. The minimum atomic E-state index is -3.89. The highest BCUT2D eigenvalue weighted by atomic mass is 35.5. The third-order valence-corrected chi connectivity index (χ3v) is 5.00. The van der Waals surface area contributed by atoms with E-state index in [1.807, 2.05) is 13.0 Å². The summed E-state index contributed by atoms with van der Waals surface area (Å²) in [4.78, 5) is -0.0182. The van der Waals surface area contributed by atoms with Gasteiger partial charge in [0, 0.05) is 6.07 Å². The van der Waals surface area contributed by atoms with Gasteiger partial charge in [0.25, 0.3) is 10.0 Å². The number of methoxy groups -OCH3 is 2. The number of halogens is 1. The maximum Gasteiger partial charge on any atom is 0.265 e. The Balaban J connectivity index is 2.52. The summed E-state index contributed by atoms with van der Waals surface area (Å²) in [6.07, 6.45) is 0. The van der Waals surface area contributed by atoms with Gasteiger partial charge in [-0.2, -0.15) is 0 Å². The van der Waals surface area contributed by atoms with Gasteiger partial charge in [-0.15, -0.1) is 0 Å². The lowest BCUT2D eigenvalue weighted by Gasteiger charge is -2.15. The van der Waals surface area contributed by atoms with Gasteiger partial charge < -0.3 is 9.47 Å². The molecule has 23 heavy (non-hydrogen) atoms. The first-order valence-electron chi connectivity index (χ1n) is 6.80. The number of rotatable bonds is 5. The van der Waals surface area contributed by atoms with E-state index >= 15 is 0 Å². The fourth-order valence-corrected chi connectivity index (χ4v) is 3.99. The molecule has 0 bridgehead atoms. The van der Waals surface area contributed by atoms with Crippen LogP contribution in [0.3, 0.4) is 0 Å². The summed E-state index contributed by atoms with van der Waals surface area (Å²) < 4.78 is 38.2. The zero-order chi connectivity index (χ0) is 17.2. The third kappa shape index (κ3) is 3.71. The molecule has 2 aromatic rings. The summed E-state index contributed by atoms with van der Waals surface area (Å²) in [5.74, 6) is 0.636. The molecule has 2 aromatic carbocycles. The van der Waals surface area contributed by atoms with Gasteiger partial charge in [0.15, 0.2) is 0 Å². The first-order chi connectivity index (χ1) is 10.8. The predicted molar refractivity (Wildman–Crippen MR) is 91.3 cm³/mol. The van der Waals surface area contributed by atoms with Crippen LogP contribution in [0.2, 0.25) is 5.02 Å². The Bertz CT molecular complexity index is 811. The molecule has 0 aliphatic carbocycles. The molecule has 2 rings (SSSR count). The maximum atomic E-state index is 12.7. The van der Waals surface area contributed by atoms with Crippen LogP contribution >= 0.6 is 11.6 Å². The van der Waals surface area contributed by atoms with Crippen molar-refractivity contribution in [1.29, 1.82) is 0 Å². The summed E-state index contributed by atoms with van der Waals surface area (Å²) >= 11 is 6.18. The fraction of sp³-hybridized carbons (Fsp3) is 0.250. The molecule has 0 fully saturated rings. The molecule has 0 unspecified atom stereocenters. The molecule has 0 aliphatic heterocycles. The van der Waals surface area contributed by atoms with Crippen molar-refractivity contribution in [3.63, 3.8) is 0 Å². The Morgan fingerprint density at radius 1 is 1.04 bits per heavy atom. The monoisotopic (exact) mass is 355 g/mol. The second kappa shape index (κ2) is 6.68. The molecule has 0 aromatic heterocycles. The number of hydrogen-bond acceptors (Lipinski definition) is 4. The number of sulfonamides is 1. The molecular formula is C16H18ClNO4S. The molecule has 0 radical (unpaired) electrons. The van der Waals surface area contributed by atoms with Crippen molar-refractivity contribution >= 4 is 27.3 Å². The molecule has 0 aliphatic rings. The Labute approximate surface area is 141 Å². The first-order valence-corrected chi connectivity index (χ1v) is 8.66. The van der Waals surface area contributed by atoms with Gasteiger partial charge in [0.1, 0.15) is 16.4 Å². The number of aryl methyl sites for hydroxylation is 2. The van der Waals surface area contributed by atoms with Crippen LogP contribution in [0, 0.1) is 13.8 Å². The van der Waals surface area contributed by atoms with E-state index in [1.165, 1.54) is 26.4 Å². The van der Waals surface area contributed by atoms with E-state index in [-0.39, 0.29) is 10.6 Å². The summed E-state index contributed by atoms with van der Waals surface area (Å²) in [6, 6.07) is 8.12. The molecule has 0 atom stereocenters. The lowest BCUT2D eigenvalue weighted by atomic mass is 10.1. The van der Waals surface area contributed by atoms with Crippen molar-refractivity contribution in [2.75, 3.05) is 18.9 Å². The summed E-state index contributed by atoms with van der Waals surface area (Å²) in [7, 11) is -1.01. The third-order valence-electron chi connectivity index (χ3n) is 3.33. The van der Waals surface area contributed by atoms with E-state index in [0.717, 1.165) is 11.1 Å². The highest BCUT2D eigenvalue weighted by molar-refractivity contribution is 7.92. The van der Waals surface area contributed by atoms with Crippen LogP contribution in [0.1, 0.15) is 11.1 Å². The van der Waals surface area contributed by atoms with Crippen LogP contribution in [0.25, 0.3) is 0 Å². The van der Waals surface area contributed by atoms with E-state index in [2.05, 4.69) is 4.72 Å². The average molecular weight is 356 g/mol. The SMILES string of the molecule is COc1ccc(OC)c(S(=O)(=O)Nc2c(C)cc(C)cc2Cl)c1. The van der Waals surface area contributed by atoms with Gasteiger partial charge in [-0.25, -0.2) is 8.42 Å². The summed E-state index contributed by atoms with van der Waals surface area (Å²) in [5, 5.41) is 0.341. The van der Waals surface area contributed by atoms with Gasteiger partial charge in [-0.05, 0) is 43.2 Å². The molecular weight excluding hydrogens is 338 g/mol. The van der Waals surface area contributed by atoms with E-state index in [9.17, 15) is 8.42 Å². The van der Waals surface area contributed by atoms with Crippen molar-refractivity contribution in [2.45, 2.75) is 18.7 Å². The normalized spacial score (nSPS) is 11.2. The van der Waals surface area contributed by atoms with E-state index < -0.39 is 10.0 Å². The number of ether oxygens (including phenoxy) is 2. The first kappa shape index (κ1) is 17.4. The molecule has 0 saturated heterocycles. The van der Waals surface area contributed by atoms with Gasteiger partial charge >= 0.3 is 0 Å². The van der Waals surface area contributed by atoms with Gasteiger partial charge in [-0.3, -0.25) is 4.72 Å². The van der Waals surface area contributed by atoms with Crippen molar-refractivity contribution in [3.05, 3.63) is 46.5 Å². The van der Waals surface area contributed by atoms with Crippen LogP contribution in [0.4, 0.5) is 5.69 Å². The Morgan fingerprint density at radius 2 is 1.74 bits per heavy atom. The fourth-order valence-electron chi connectivity index (χ4n) is 2.23. The van der Waals surface area contributed by atoms with Gasteiger partial charge in [0.05, 0.1) is 24.9 Å². The minimum Gasteiger partial charge on any atom is -0.497 e. The summed E-state index contributed by atoms with van der Waals surface area (Å²) in [6.45, 7) is 3.68. The second-order valence-corrected chi connectivity index (χ2v) is 7.12. The Hall–Kier alpha value is -1.92. The van der Waals surface area contributed by atoms with Crippen molar-refractivity contribution in [3.8, 4) is 11.5 Å². The Kier molecular flexibility index (Phi) is 5.06. The predicted octanol–water partition coefficient (Wildman–Crippen LogP) is 3.77. The lowest BCUT2D eigenvalue weighted by molar-refractivity contribution is 0.392. The average Bonchev–Trinajstić information content (AvgIpc) is 2.50. The van der Waals surface area contributed by atoms with Crippen LogP contribution < -0.4 is 14.2 Å². The van der Waals surface area contributed by atoms with Crippen molar-refractivity contribution in [1.82, 2.24) is 0 Å². The molecule has 0 amide bonds. The number of nitrogens with one attached hydrogen (secondary N) is 1. The van der Waals surface area contributed by atoms with E-state index in [1.54, 1.807) is 19.1 Å². The van der Waals surface area contributed by atoms with Crippen LogP contribution in [0.5, 0.6) is 11.5 Å². The van der Waals surface area contributed by atoms with Crippen LogP contribution in [0.15, 0.2) is 35.2 Å². The van der Waals surface area contributed by atoms with E-state index in [4.69, 9.17) is 21.1 Å². The quantitative estimate of drug-likeness (QED) is 0.886. The molecule has 7 heteroatoms.